The number of aromatic nitrogens is 1. The van der Waals surface area contributed by atoms with E-state index in [9.17, 15) is 9.18 Å². The monoisotopic (exact) mass is 343 g/mol. The molecule has 0 atom stereocenters. The first-order chi connectivity index (χ1) is 8.97. The molecule has 4 nitrogen and oxygen atoms in total. The van der Waals surface area contributed by atoms with Gasteiger partial charge in [-0.15, -0.1) is 0 Å². The molecule has 0 unspecified atom stereocenters. The quantitative estimate of drug-likeness (QED) is 0.820. The Morgan fingerprint density at radius 3 is 2.84 bits per heavy atom. The number of hydrogen-bond acceptors (Lipinski definition) is 3. The highest BCUT2D eigenvalue weighted by atomic mass is 79.9. The number of halogens is 3. The van der Waals surface area contributed by atoms with Gasteiger partial charge >= 0.3 is 0 Å². The Balaban J connectivity index is 2.28. The fourth-order valence-electron chi connectivity index (χ4n) is 1.42. The SMILES string of the molecule is Nc1cnc(Cl)cc1C(=O)Nc1ccc(Br)cc1F. The molecule has 0 aliphatic rings. The number of amides is 1. The summed E-state index contributed by atoms with van der Waals surface area (Å²) in [6.45, 7) is 0. The van der Waals surface area contributed by atoms with Gasteiger partial charge in [-0.3, -0.25) is 4.79 Å². The molecule has 2 aromatic rings. The van der Waals surface area contributed by atoms with Gasteiger partial charge < -0.3 is 11.1 Å². The standard InChI is InChI=1S/C12H8BrClFN3O/c13-6-1-2-10(8(15)3-6)18-12(19)7-4-11(14)17-5-9(7)16/h1-5H,16H2,(H,18,19). The zero-order chi connectivity index (χ0) is 14.0. The topological polar surface area (TPSA) is 68.0 Å². The third-order valence-corrected chi connectivity index (χ3v) is 3.03. The molecular formula is C12H8BrClFN3O. The number of rotatable bonds is 2. The van der Waals surface area contributed by atoms with Crippen molar-refractivity contribution in [2.24, 2.45) is 0 Å². The van der Waals surface area contributed by atoms with Crippen LogP contribution in [0.3, 0.4) is 0 Å². The predicted octanol–water partition coefficient (Wildman–Crippen LogP) is 3.47. The molecule has 0 bridgehead atoms. The molecule has 3 N–H and O–H groups in total. The first-order valence-electron chi connectivity index (χ1n) is 5.15. The van der Waals surface area contributed by atoms with E-state index in [4.69, 9.17) is 17.3 Å². The zero-order valence-electron chi connectivity index (χ0n) is 9.45. The molecule has 1 amide bonds. The summed E-state index contributed by atoms with van der Waals surface area (Å²) in [6.07, 6.45) is 1.27. The van der Waals surface area contributed by atoms with Gasteiger partial charge in [-0.1, -0.05) is 27.5 Å². The molecule has 0 spiro atoms. The van der Waals surface area contributed by atoms with Crippen LogP contribution in [0, 0.1) is 5.82 Å². The van der Waals surface area contributed by atoms with Crippen LogP contribution in [0.15, 0.2) is 34.9 Å². The van der Waals surface area contributed by atoms with Crippen LogP contribution >= 0.6 is 27.5 Å². The van der Waals surface area contributed by atoms with E-state index in [-0.39, 0.29) is 22.1 Å². The second-order valence-corrected chi connectivity index (χ2v) is 4.98. The van der Waals surface area contributed by atoms with Crippen LogP contribution in [-0.2, 0) is 0 Å². The van der Waals surface area contributed by atoms with Crippen molar-refractivity contribution in [1.82, 2.24) is 4.98 Å². The maximum Gasteiger partial charge on any atom is 0.258 e. The lowest BCUT2D eigenvalue weighted by Gasteiger charge is -2.08. The van der Waals surface area contributed by atoms with Crippen LogP contribution < -0.4 is 11.1 Å². The van der Waals surface area contributed by atoms with Crippen molar-refractivity contribution in [3.63, 3.8) is 0 Å². The zero-order valence-corrected chi connectivity index (χ0v) is 11.8. The van der Waals surface area contributed by atoms with Crippen LogP contribution in [0.1, 0.15) is 10.4 Å². The van der Waals surface area contributed by atoms with E-state index in [1.807, 2.05) is 0 Å². The number of nitrogens with two attached hydrogens (primary N) is 1. The number of nitrogen functional groups attached to an aromatic ring is 1. The molecule has 0 saturated heterocycles. The lowest BCUT2D eigenvalue weighted by molar-refractivity contribution is 0.102. The molecule has 1 heterocycles. The summed E-state index contributed by atoms with van der Waals surface area (Å²) in [6, 6.07) is 5.62. The van der Waals surface area contributed by atoms with E-state index in [1.165, 1.54) is 24.4 Å². The molecule has 1 aromatic heterocycles. The highest BCUT2D eigenvalue weighted by molar-refractivity contribution is 9.10. The minimum absolute atomic E-state index is 0.0561. The average Bonchev–Trinajstić information content (AvgIpc) is 2.35. The number of hydrogen-bond donors (Lipinski definition) is 2. The Kier molecular flexibility index (Phi) is 4.01. The van der Waals surface area contributed by atoms with Crippen LogP contribution in [0.25, 0.3) is 0 Å². The second-order valence-electron chi connectivity index (χ2n) is 3.67. The highest BCUT2D eigenvalue weighted by Gasteiger charge is 2.13. The van der Waals surface area contributed by atoms with Crippen molar-refractivity contribution >= 4 is 44.8 Å². The first-order valence-corrected chi connectivity index (χ1v) is 6.32. The molecule has 0 saturated carbocycles. The number of carbonyl (C=O) groups is 1. The minimum Gasteiger partial charge on any atom is -0.397 e. The van der Waals surface area contributed by atoms with Crippen molar-refractivity contribution in [2.45, 2.75) is 0 Å². The lowest BCUT2D eigenvalue weighted by atomic mass is 10.2. The average molecular weight is 345 g/mol. The van der Waals surface area contributed by atoms with Crippen molar-refractivity contribution in [3.8, 4) is 0 Å². The summed E-state index contributed by atoms with van der Waals surface area (Å²) in [4.78, 5) is 15.7. The molecule has 0 aliphatic carbocycles. The Bertz CT molecular complexity index is 651. The van der Waals surface area contributed by atoms with Gasteiger partial charge in [0, 0.05) is 4.47 Å². The maximum absolute atomic E-state index is 13.6. The Morgan fingerprint density at radius 2 is 2.16 bits per heavy atom. The normalized spacial score (nSPS) is 10.3. The van der Waals surface area contributed by atoms with Crippen molar-refractivity contribution < 1.29 is 9.18 Å². The molecular weight excluding hydrogens is 337 g/mol. The van der Waals surface area contributed by atoms with Crippen LogP contribution in [-0.4, -0.2) is 10.9 Å². The molecule has 0 radical (unpaired) electrons. The largest absolute Gasteiger partial charge is 0.397 e. The van der Waals surface area contributed by atoms with Crippen LogP contribution in [0.2, 0.25) is 5.15 Å². The minimum atomic E-state index is -0.554. The third-order valence-electron chi connectivity index (χ3n) is 2.33. The molecule has 0 aliphatic heterocycles. The van der Waals surface area contributed by atoms with Crippen molar-refractivity contribution in [1.29, 1.82) is 0 Å². The molecule has 2 rings (SSSR count). The van der Waals surface area contributed by atoms with Crippen molar-refractivity contribution in [3.05, 3.63) is 51.5 Å². The summed E-state index contributed by atoms with van der Waals surface area (Å²) >= 11 is 8.82. The van der Waals surface area contributed by atoms with E-state index >= 15 is 0 Å². The van der Waals surface area contributed by atoms with Crippen LogP contribution in [0.5, 0.6) is 0 Å². The Morgan fingerprint density at radius 1 is 1.42 bits per heavy atom. The van der Waals surface area contributed by atoms with Gasteiger partial charge in [-0.2, -0.15) is 0 Å². The lowest BCUT2D eigenvalue weighted by Crippen LogP contribution is -2.15. The Labute approximate surface area is 121 Å². The number of nitrogens with one attached hydrogen (secondary N) is 1. The van der Waals surface area contributed by atoms with Gasteiger partial charge in [-0.05, 0) is 24.3 Å². The van der Waals surface area contributed by atoms with Gasteiger partial charge in [0.05, 0.1) is 23.1 Å². The molecule has 19 heavy (non-hydrogen) atoms. The second kappa shape index (κ2) is 5.54. The molecule has 0 fully saturated rings. The van der Waals surface area contributed by atoms with E-state index in [2.05, 4.69) is 26.2 Å². The smallest absolute Gasteiger partial charge is 0.258 e. The highest BCUT2D eigenvalue weighted by Crippen LogP contribution is 2.21. The first kappa shape index (κ1) is 13.8. The van der Waals surface area contributed by atoms with Gasteiger partial charge in [0.15, 0.2) is 0 Å². The summed E-state index contributed by atoms with van der Waals surface area (Å²) in [5, 5.41) is 2.56. The fraction of sp³-hybridized carbons (Fsp3) is 0. The summed E-state index contributed by atoms with van der Waals surface area (Å²) in [7, 11) is 0. The molecule has 1 aromatic carbocycles. The van der Waals surface area contributed by atoms with Crippen molar-refractivity contribution in [2.75, 3.05) is 11.1 Å². The van der Waals surface area contributed by atoms with Gasteiger partial charge in [-0.25, -0.2) is 9.37 Å². The Hall–Kier alpha value is -1.66. The maximum atomic E-state index is 13.6. The van der Waals surface area contributed by atoms with Gasteiger partial charge in [0.1, 0.15) is 11.0 Å². The van der Waals surface area contributed by atoms with E-state index in [0.717, 1.165) is 0 Å². The number of benzene rings is 1. The summed E-state index contributed by atoms with van der Waals surface area (Å²) < 4.78 is 14.2. The van der Waals surface area contributed by atoms with E-state index in [0.29, 0.717) is 4.47 Å². The number of carbonyl (C=O) groups excluding carboxylic acids is 1. The predicted molar refractivity (Wildman–Crippen MR) is 75.7 cm³/mol. The molecule has 7 heteroatoms. The number of anilines is 2. The van der Waals surface area contributed by atoms with E-state index < -0.39 is 11.7 Å². The molecule has 98 valence electrons. The third kappa shape index (κ3) is 3.21. The summed E-state index contributed by atoms with van der Waals surface area (Å²) in [5.74, 6) is -1.11. The van der Waals surface area contributed by atoms with Gasteiger partial charge in [0.25, 0.3) is 5.91 Å². The van der Waals surface area contributed by atoms with Crippen LogP contribution in [0.4, 0.5) is 15.8 Å². The number of pyridine rings is 1. The summed E-state index contributed by atoms with van der Waals surface area (Å²) in [5.41, 5.74) is 5.99. The van der Waals surface area contributed by atoms with E-state index in [1.54, 1.807) is 6.07 Å². The van der Waals surface area contributed by atoms with Gasteiger partial charge in [0.2, 0.25) is 0 Å². The fourth-order valence-corrected chi connectivity index (χ4v) is 1.91. The number of nitrogens with zero attached hydrogens (tertiary/aromatic N) is 1.